The Kier molecular flexibility index (Phi) is 28.7. The molecule has 7 aromatic rings. The SMILES string of the molecule is C=C(CC(=O)Nc1cc(-c2nc3c(Cl)c(C4(Cc5ccccc5)CC4)[nH]n3n2)ccc1OCC(CCCCCC)CCCCCCCC)OO.CCCCCCCCCCCCCCOC(=O)CCC(=O)Nc1ccc(-c2nc3c(Cl)c(C)[nH]n3n2)cc1. The number of esters is 1. The van der Waals surface area contributed by atoms with Crippen LogP contribution in [0.5, 0.6) is 5.75 Å². The molecule has 17 nitrogen and oxygen atoms in total. The first-order valence-electron chi connectivity index (χ1n) is 32.7. The van der Waals surface area contributed by atoms with Crippen molar-refractivity contribution in [1.82, 2.24) is 39.6 Å². The first-order valence-corrected chi connectivity index (χ1v) is 33.5. The van der Waals surface area contributed by atoms with Gasteiger partial charge in [0, 0.05) is 28.7 Å². The zero-order valence-electron chi connectivity index (χ0n) is 52.7. The lowest BCUT2D eigenvalue weighted by molar-refractivity contribution is -0.205. The number of fused-ring (bicyclic) bond motifs is 2. The molecule has 3 aromatic carbocycles. The van der Waals surface area contributed by atoms with Crippen LogP contribution in [0.15, 0.2) is 85.1 Å². The van der Waals surface area contributed by atoms with Crippen LogP contribution in [0, 0.1) is 12.8 Å². The third-order valence-electron chi connectivity index (χ3n) is 16.6. The van der Waals surface area contributed by atoms with E-state index in [1.807, 2.05) is 43.3 Å². The largest absolute Gasteiger partial charge is 0.491 e. The van der Waals surface area contributed by atoms with Crippen LogP contribution in [-0.2, 0) is 35.8 Å². The fraction of sp³-hybridized carbons (Fsp3) is 0.551. The number of carbonyl (C=O) groups is 3. The molecule has 1 aliphatic rings. The van der Waals surface area contributed by atoms with Crippen LogP contribution in [0.1, 0.15) is 224 Å². The Labute approximate surface area is 530 Å². The lowest BCUT2D eigenvalue weighted by Crippen LogP contribution is -2.16. The highest BCUT2D eigenvalue weighted by Crippen LogP contribution is 2.52. The molecule has 1 fully saturated rings. The topological polar surface area (TPSA) is 215 Å². The van der Waals surface area contributed by atoms with E-state index in [-0.39, 0.29) is 48.2 Å². The van der Waals surface area contributed by atoms with E-state index in [4.69, 9.17) is 48.0 Å². The fourth-order valence-electron chi connectivity index (χ4n) is 11.2. The Morgan fingerprint density at radius 2 is 1.20 bits per heavy atom. The number of amides is 2. The van der Waals surface area contributed by atoms with Gasteiger partial charge in [0.05, 0.1) is 43.1 Å². The Morgan fingerprint density at radius 1 is 0.659 bits per heavy atom. The third-order valence-corrected chi connectivity index (χ3v) is 17.4. The van der Waals surface area contributed by atoms with E-state index in [1.165, 1.54) is 134 Å². The van der Waals surface area contributed by atoms with Crippen molar-refractivity contribution in [2.75, 3.05) is 23.8 Å². The number of aromatic nitrogens is 8. The van der Waals surface area contributed by atoms with Crippen LogP contribution in [0.2, 0.25) is 10.0 Å². The molecule has 8 rings (SSSR count). The molecule has 4 aromatic heterocycles. The number of carbonyl (C=O) groups excluding carboxylic acids is 3. The highest BCUT2D eigenvalue weighted by molar-refractivity contribution is 6.34. The van der Waals surface area contributed by atoms with Gasteiger partial charge in [-0.15, -0.1) is 10.2 Å². The van der Waals surface area contributed by atoms with Gasteiger partial charge in [-0.2, -0.15) is 9.26 Å². The third kappa shape index (κ3) is 21.8. The van der Waals surface area contributed by atoms with Crippen molar-refractivity contribution in [2.24, 2.45) is 5.92 Å². The number of halogens is 2. The van der Waals surface area contributed by atoms with Crippen LogP contribution < -0.4 is 15.4 Å². The zero-order valence-corrected chi connectivity index (χ0v) is 54.2. The second-order valence-corrected chi connectivity index (χ2v) is 24.8. The van der Waals surface area contributed by atoms with E-state index in [2.05, 4.69) is 87.4 Å². The zero-order chi connectivity index (χ0) is 62.5. The molecular formula is C69H96Cl2N10O7. The predicted octanol–water partition coefficient (Wildman–Crippen LogP) is 18.3. The van der Waals surface area contributed by atoms with Crippen LogP contribution in [-0.4, -0.2) is 75.9 Å². The summed E-state index contributed by atoms with van der Waals surface area (Å²) in [5.74, 6) is 1.02. The molecule has 0 radical (unpaired) electrons. The number of hydrogen-bond acceptors (Lipinski definition) is 11. The average Bonchev–Trinajstić information content (AvgIpc) is 1.61. The van der Waals surface area contributed by atoms with Crippen LogP contribution in [0.4, 0.5) is 11.4 Å². The van der Waals surface area contributed by atoms with Gasteiger partial charge in [0.15, 0.2) is 22.9 Å². The second kappa shape index (κ2) is 36.7. The molecule has 0 bridgehead atoms. The summed E-state index contributed by atoms with van der Waals surface area (Å²) in [4.78, 5) is 50.6. The smallest absolute Gasteiger partial charge is 0.306 e. The molecule has 1 aliphatic carbocycles. The van der Waals surface area contributed by atoms with Crippen molar-refractivity contribution in [3.63, 3.8) is 0 Å². The minimum Gasteiger partial charge on any atom is -0.491 e. The number of unbranched alkanes of at least 4 members (excludes halogenated alkanes) is 19. The first-order chi connectivity index (χ1) is 42.8. The fourth-order valence-corrected chi connectivity index (χ4v) is 11.7. The average molecular weight is 1250 g/mol. The molecule has 88 heavy (non-hydrogen) atoms. The van der Waals surface area contributed by atoms with Gasteiger partial charge in [0.2, 0.25) is 11.8 Å². The van der Waals surface area contributed by atoms with E-state index < -0.39 is 0 Å². The first kappa shape index (κ1) is 68.8. The Balaban J connectivity index is 0.000000261. The molecule has 1 atom stereocenters. The van der Waals surface area contributed by atoms with Gasteiger partial charge in [0.1, 0.15) is 21.6 Å². The summed E-state index contributed by atoms with van der Waals surface area (Å²) in [7, 11) is 0. The molecule has 1 saturated carbocycles. The normalized spacial score (nSPS) is 12.9. The summed E-state index contributed by atoms with van der Waals surface area (Å²) in [5, 5.41) is 31.4. The lowest BCUT2D eigenvalue weighted by atomic mass is 9.93. The number of anilines is 2. The molecule has 19 heteroatoms. The molecular weight excluding hydrogens is 1150 g/mol. The molecule has 1 unspecified atom stereocenters. The molecule has 0 aliphatic heterocycles. The van der Waals surface area contributed by atoms with Gasteiger partial charge in [0.25, 0.3) is 0 Å². The number of hydrogen-bond donors (Lipinski definition) is 5. The number of aryl methyl sites for hydroxylation is 1. The monoisotopic (exact) mass is 1250 g/mol. The van der Waals surface area contributed by atoms with E-state index in [0.29, 0.717) is 74.8 Å². The maximum absolute atomic E-state index is 12.9. The van der Waals surface area contributed by atoms with Crippen LogP contribution in [0.25, 0.3) is 34.1 Å². The minimum absolute atomic E-state index is 0.0391. The number of aromatic amines is 2. The lowest BCUT2D eigenvalue weighted by Gasteiger charge is -2.20. The number of ether oxygens (including phenoxy) is 2. The summed E-state index contributed by atoms with van der Waals surface area (Å²) in [6.07, 6.45) is 33.0. The number of nitrogens with one attached hydrogen (secondary N) is 4. The van der Waals surface area contributed by atoms with Crippen molar-refractivity contribution in [2.45, 2.75) is 226 Å². The molecule has 478 valence electrons. The summed E-state index contributed by atoms with van der Waals surface area (Å²) in [6.45, 7) is 13.2. The predicted molar refractivity (Wildman–Crippen MR) is 353 cm³/mol. The van der Waals surface area contributed by atoms with Gasteiger partial charge in [-0.05, 0) is 99.4 Å². The maximum atomic E-state index is 12.9. The van der Waals surface area contributed by atoms with Crippen LogP contribution >= 0.6 is 23.2 Å². The Morgan fingerprint density at radius 3 is 1.78 bits per heavy atom. The quantitative estimate of drug-likeness (QED) is 0.00799. The second-order valence-electron chi connectivity index (χ2n) is 24.0. The van der Waals surface area contributed by atoms with E-state index >= 15 is 0 Å². The summed E-state index contributed by atoms with van der Waals surface area (Å²) >= 11 is 13.2. The molecule has 5 N–H and O–H groups in total. The summed E-state index contributed by atoms with van der Waals surface area (Å²) < 4.78 is 14.9. The summed E-state index contributed by atoms with van der Waals surface area (Å²) in [6, 6.07) is 23.3. The number of nitrogens with zero attached hydrogens (tertiary/aromatic N) is 6. The van der Waals surface area contributed by atoms with Gasteiger partial charge >= 0.3 is 5.97 Å². The van der Waals surface area contributed by atoms with Crippen molar-refractivity contribution in [3.8, 4) is 28.5 Å². The van der Waals surface area contributed by atoms with Gasteiger partial charge in [-0.3, -0.25) is 24.6 Å². The van der Waals surface area contributed by atoms with E-state index in [1.54, 1.807) is 21.4 Å². The molecule has 0 saturated heterocycles. The molecule has 0 spiro atoms. The molecule has 4 heterocycles. The van der Waals surface area contributed by atoms with E-state index in [0.717, 1.165) is 61.9 Å². The summed E-state index contributed by atoms with van der Waals surface area (Å²) in [5.41, 5.74) is 6.79. The number of benzene rings is 3. The Hall–Kier alpha value is -6.69. The molecule has 2 amide bonds. The van der Waals surface area contributed by atoms with Crippen molar-refractivity contribution in [3.05, 3.63) is 112 Å². The number of H-pyrrole nitrogens is 2. The van der Waals surface area contributed by atoms with Gasteiger partial charge < -0.3 is 25.0 Å². The highest BCUT2D eigenvalue weighted by atomic mass is 35.5. The minimum atomic E-state index is -0.389. The van der Waals surface area contributed by atoms with Crippen LogP contribution in [0.3, 0.4) is 0 Å². The van der Waals surface area contributed by atoms with Crippen molar-refractivity contribution >= 4 is 63.7 Å². The van der Waals surface area contributed by atoms with Gasteiger partial charge in [-0.1, -0.05) is 216 Å². The maximum Gasteiger partial charge on any atom is 0.306 e. The Bertz CT molecular complexity index is 3240. The standard InChI is InChI=1S/C40H54ClN5O4.C29H42ClN5O3/c1-4-6-8-10-11-14-20-31(19-13-9-7-5-2)28-49-34-22-21-32(26-33(34)42-35(47)25-29(3)50-48)38-43-39-36(41)37(44-46(39)45-38)40(23-24-40)27-30-17-15-12-16-18-30;1-3-4-5-6-7-8-9-10-11-12-13-14-21-38-26(37)20-19-25(36)31-24-17-15-23(16-18-24)28-32-29-27(30)22(2)33-35(29)34-28/h12,15-18,21-22,26,31,44,48H,3-11,13-14,19-20,23-25,27-28H2,1-2H3,(H,42,47);15-18,33H,3-14,19-21H2,1-2H3,(H,31,36). The number of rotatable bonds is 41. The highest BCUT2D eigenvalue weighted by Gasteiger charge is 2.48. The van der Waals surface area contributed by atoms with Gasteiger partial charge in [-0.25, -0.2) is 15.2 Å². The van der Waals surface area contributed by atoms with Crippen molar-refractivity contribution < 1.29 is 34.0 Å². The van der Waals surface area contributed by atoms with E-state index in [9.17, 15) is 14.4 Å². The van der Waals surface area contributed by atoms with Crippen molar-refractivity contribution in [1.29, 1.82) is 0 Å².